The smallest absolute Gasteiger partial charge is 0.111 e. The van der Waals surface area contributed by atoms with Crippen molar-refractivity contribution in [1.82, 2.24) is 9.97 Å². The van der Waals surface area contributed by atoms with Gasteiger partial charge in [0.05, 0.1) is 22.7 Å². The predicted octanol–water partition coefficient (Wildman–Crippen LogP) is 3.58. The van der Waals surface area contributed by atoms with Crippen molar-refractivity contribution < 1.29 is 0 Å². The Hall–Kier alpha value is -1.82. The number of hydrogen-bond acceptors (Lipinski definition) is 2. The van der Waals surface area contributed by atoms with Gasteiger partial charge in [0.15, 0.2) is 0 Å². The molecule has 3 nitrogen and oxygen atoms in total. The van der Waals surface area contributed by atoms with E-state index in [1.54, 1.807) is 0 Å². The molecule has 1 aliphatic rings. The highest BCUT2D eigenvalue weighted by Gasteiger charge is 2.66. The van der Waals surface area contributed by atoms with Crippen LogP contribution in [0.25, 0.3) is 11.0 Å². The largest absolute Gasteiger partial charge is 0.342 e. The Labute approximate surface area is 107 Å². The number of benzene rings is 1. The van der Waals surface area contributed by atoms with Crippen LogP contribution in [0.5, 0.6) is 0 Å². The standard InChI is InChI=1S/C15H17N3/c1-14(2)12(15(14,3)4)13-17-10-6-5-9(8-16)7-11(10)18-13/h5-7,12H,1-4H3,(H,17,18). The van der Waals surface area contributed by atoms with Crippen LogP contribution in [0.3, 0.4) is 0 Å². The van der Waals surface area contributed by atoms with Crippen molar-refractivity contribution in [3.63, 3.8) is 0 Å². The number of hydrogen-bond donors (Lipinski definition) is 1. The van der Waals surface area contributed by atoms with Gasteiger partial charge < -0.3 is 4.98 Å². The Morgan fingerprint density at radius 2 is 1.89 bits per heavy atom. The minimum Gasteiger partial charge on any atom is -0.342 e. The van der Waals surface area contributed by atoms with Gasteiger partial charge in [0, 0.05) is 5.92 Å². The monoisotopic (exact) mass is 239 g/mol. The topological polar surface area (TPSA) is 52.5 Å². The SMILES string of the molecule is CC1(C)C(c2nc3ccc(C#N)cc3[nH]2)C1(C)C. The minimum atomic E-state index is 0.277. The molecule has 0 atom stereocenters. The van der Waals surface area contributed by atoms with Crippen molar-refractivity contribution in [2.75, 3.05) is 0 Å². The maximum atomic E-state index is 8.91. The van der Waals surface area contributed by atoms with Crippen LogP contribution in [-0.2, 0) is 0 Å². The second-order valence-corrected chi connectivity index (χ2v) is 6.34. The third-order valence-electron chi connectivity index (χ3n) is 4.92. The number of nitrogens with one attached hydrogen (secondary N) is 1. The normalized spacial score (nSPS) is 20.8. The molecule has 0 spiro atoms. The third kappa shape index (κ3) is 1.26. The maximum Gasteiger partial charge on any atom is 0.111 e. The van der Waals surface area contributed by atoms with Gasteiger partial charge in [-0.2, -0.15) is 5.26 Å². The van der Waals surface area contributed by atoms with Gasteiger partial charge in [-0.1, -0.05) is 27.7 Å². The van der Waals surface area contributed by atoms with E-state index in [4.69, 9.17) is 5.26 Å². The molecule has 1 heterocycles. The highest BCUT2D eigenvalue weighted by Crippen LogP contribution is 2.73. The number of imidazole rings is 1. The zero-order valence-electron chi connectivity index (χ0n) is 11.2. The lowest BCUT2D eigenvalue weighted by molar-refractivity contribution is 0.457. The summed E-state index contributed by atoms with van der Waals surface area (Å²) in [6.45, 7) is 9.13. The minimum absolute atomic E-state index is 0.277. The van der Waals surface area contributed by atoms with Crippen LogP contribution < -0.4 is 0 Å². The molecule has 1 aliphatic carbocycles. The molecule has 1 aromatic carbocycles. The quantitative estimate of drug-likeness (QED) is 0.826. The summed E-state index contributed by atoms with van der Waals surface area (Å²) < 4.78 is 0. The van der Waals surface area contributed by atoms with E-state index < -0.39 is 0 Å². The number of H-pyrrole nitrogens is 1. The number of aromatic amines is 1. The summed E-state index contributed by atoms with van der Waals surface area (Å²) in [5.74, 6) is 1.51. The molecule has 0 unspecified atom stereocenters. The number of aromatic nitrogens is 2. The Morgan fingerprint density at radius 1 is 1.22 bits per heavy atom. The molecule has 3 rings (SSSR count). The summed E-state index contributed by atoms with van der Waals surface area (Å²) in [5, 5.41) is 8.91. The second-order valence-electron chi connectivity index (χ2n) is 6.34. The van der Waals surface area contributed by atoms with Gasteiger partial charge in [0.25, 0.3) is 0 Å². The van der Waals surface area contributed by atoms with E-state index in [1.807, 2.05) is 18.2 Å². The van der Waals surface area contributed by atoms with Gasteiger partial charge in [-0.25, -0.2) is 4.98 Å². The molecule has 1 fully saturated rings. The molecule has 3 heteroatoms. The lowest BCUT2D eigenvalue weighted by atomic mass is 10.0. The molecule has 0 bridgehead atoms. The molecule has 1 aromatic heterocycles. The van der Waals surface area contributed by atoms with Gasteiger partial charge in [-0.15, -0.1) is 0 Å². The molecule has 1 saturated carbocycles. The van der Waals surface area contributed by atoms with Gasteiger partial charge in [0.1, 0.15) is 5.82 Å². The fraction of sp³-hybridized carbons (Fsp3) is 0.467. The van der Waals surface area contributed by atoms with Crippen molar-refractivity contribution in [2.45, 2.75) is 33.6 Å². The van der Waals surface area contributed by atoms with Crippen molar-refractivity contribution in [1.29, 1.82) is 5.26 Å². The van der Waals surface area contributed by atoms with Gasteiger partial charge in [0.2, 0.25) is 0 Å². The van der Waals surface area contributed by atoms with E-state index in [1.165, 1.54) is 0 Å². The molecule has 1 N–H and O–H groups in total. The van der Waals surface area contributed by atoms with Crippen LogP contribution in [-0.4, -0.2) is 9.97 Å². The van der Waals surface area contributed by atoms with Crippen molar-refractivity contribution >= 4 is 11.0 Å². The molecule has 92 valence electrons. The van der Waals surface area contributed by atoms with Crippen molar-refractivity contribution in [2.24, 2.45) is 10.8 Å². The van der Waals surface area contributed by atoms with E-state index in [-0.39, 0.29) is 10.8 Å². The van der Waals surface area contributed by atoms with E-state index in [9.17, 15) is 0 Å². The number of rotatable bonds is 1. The molecule has 0 saturated heterocycles. The van der Waals surface area contributed by atoms with Crippen LogP contribution in [0, 0.1) is 22.2 Å². The first-order chi connectivity index (χ1) is 8.38. The maximum absolute atomic E-state index is 8.91. The summed E-state index contributed by atoms with van der Waals surface area (Å²) >= 11 is 0. The summed E-state index contributed by atoms with van der Waals surface area (Å²) in [6.07, 6.45) is 0. The first-order valence-electron chi connectivity index (χ1n) is 6.27. The molecule has 2 aromatic rings. The average Bonchev–Trinajstić information content (AvgIpc) is 2.64. The van der Waals surface area contributed by atoms with Crippen LogP contribution in [0.1, 0.15) is 45.0 Å². The second kappa shape index (κ2) is 3.14. The first kappa shape index (κ1) is 11.3. The lowest BCUT2D eigenvalue weighted by Gasteiger charge is -2.03. The fourth-order valence-corrected chi connectivity index (χ4v) is 3.12. The van der Waals surface area contributed by atoms with Crippen LogP contribution in [0.15, 0.2) is 18.2 Å². The Kier molecular flexibility index (Phi) is 1.97. The molecule has 18 heavy (non-hydrogen) atoms. The van der Waals surface area contributed by atoms with E-state index in [0.29, 0.717) is 11.5 Å². The number of nitriles is 1. The Morgan fingerprint density at radius 3 is 2.44 bits per heavy atom. The summed E-state index contributed by atoms with van der Waals surface area (Å²) in [4.78, 5) is 8.06. The predicted molar refractivity (Wildman–Crippen MR) is 71.1 cm³/mol. The molecule has 0 amide bonds. The molecule has 0 radical (unpaired) electrons. The molecular weight excluding hydrogens is 222 g/mol. The fourth-order valence-electron chi connectivity index (χ4n) is 3.12. The zero-order valence-corrected chi connectivity index (χ0v) is 11.2. The van der Waals surface area contributed by atoms with E-state index >= 15 is 0 Å². The molecule has 0 aliphatic heterocycles. The highest BCUT2D eigenvalue weighted by atomic mass is 15.0. The summed E-state index contributed by atoms with van der Waals surface area (Å²) in [6, 6.07) is 7.76. The van der Waals surface area contributed by atoms with Gasteiger partial charge in [-0.3, -0.25) is 0 Å². The van der Waals surface area contributed by atoms with E-state index in [2.05, 4.69) is 43.7 Å². The Bertz CT molecular complexity index is 657. The number of fused-ring (bicyclic) bond motifs is 1. The number of nitrogens with zero attached hydrogens (tertiary/aromatic N) is 2. The van der Waals surface area contributed by atoms with Gasteiger partial charge >= 0.3 is 0 Å². The lowest BCUT2D eigenvalue weighted by Crippen LogP contribution is -1.95. The summed E-state index contributed by atoms with van der Waals surface area (Å²) in [7, 11) is 0. The zero-order chi connectivity index (χ0) is 13.1. The van der Waals surface area contributed by atoms with Gasteiger partial charge in [-0.05, 0) is 29.0 Å². The van der Waals surface area contributed by atoms with Crippen molar-refractivity contribution in [3.8, 4) is 6.07 Å². The van der Waals surface area contributed by atoms with Crippen LogP contribution in [0.4, 0.5) is 0 Å². The Balaban J connectivity index is 2.09. The highest BCUT2D eigenvalue weighted by molar-refractivity contribution is 5.77. The van der Waals surface area contributed by atoms with Crippen LogP contribution >= 0.6 is 0 Å². The van der Waals surface area contributed by atoms with Crippen LogP contribution in [0.2, 0.25) is 0 Å². The average molecular weight is 239 g/mol. The first-order valence-corrected chi connectivity index (χ1v) is 6.27. The third-order valence-corrected chi connectivity index (χ3v) is 4.92. The van der Waals surface area contributed by atoms with Crippen molar-refractivity contribution in [3.05, 3.63) is 29.6 Å². The van der Waals surface area contributed by atoms with E-state index in [0.717, 1.165) is 16.9 Å². The summed E-state index contributed by atoms with van der Waals surface area (Å²) in [5.41, 5.74) is 3.13. The molecular formula is C15H17N3.